The Kier molecular flexibility index (Phi) is 8.65. The minimum Gasteiger partial charge on any atom is -0.459 e. The van der Waals surface area contributed by atoms with E-state index in [0.29, 0.717) is 0 Å². The molecule has 1 aliphatic rings. The first-order valence-electron chi connectivity index (χ1n) is 13.1. The summed E-state index contributed by atoms with van der Waals surface area (Å²) in [6.45, 7) is -0.828. The van der Waals surface area contributed by atoms with Gasteiger partial charge in [0, 0.05) is 17.2 Å². The molecule has 4 atom stereocenters. The molecule has 4 unspecified atom stereocenters. The first kappa shape index (κ1) is 29.5. The van der Waals surface area contributed by atoms with E-state index in [0.717, 1.165) is 16.8 Å². The molecule has 1 saturated heterocycles. The molecule has 1 aromatic heterocycles. The van der Waals surface area contributed by atoms with Gasteiger partial charge in [-0.1, -0.05) is 59.7 Å². The van der Waals surface area contributed by atoms with Gasteiger partial charge in [0.05, 0.1) is 16.7 Å². The third kappa shape index (κ3) is 6.26. The van der Waals surface area contributed by atoms with E-state index in [1.807, 2.05) is 0 Å². The van der Waals surface area contributed by atoms with Gasteiger partial charge in [-0.25, -0.2) is 19.2 Å². The Balaban J connectivity index is 1.61. The first-order valence-corrected chi connectivity index (χ1v) is 13.1. The second-order valence-corrected chi connectivity index (χ2v) is 9.43. The van der Waals surface area contributed by atoms with Crippen molar-refractivity contribution in [2.45, 2.75) is 24.2 Å². The fourth-order valence-electron chi connectivity index (χ4n) is 4.52. The van der Waals surface area contributed by atoms with Crippen molar-refractivity contribution in [2.24, 2.45) is 5.11 Å². The van der Waals surface area contributed by atoms with Crippen LogP contribution in [0.4, 0.5) is 0 Å². The van der Waals surface area contributed by atoms with Crippen LogP contribution in [-0.4, -0.2) is 52.0 Å². The number of benzene rings is 3. The maximum absolute atomic E-state index is 13.3. The van der Waals surface area contributed by atoms with Crippen molar-refractivity contribution in [3.63, 3.8) is 0 Å². The van der Waals surface area contributed by atoms with Crippen LogP contribution in [0, 0.1) is 0 Å². The fourth-order valence-corrected chi connectivity index (χ4v) is 4.52. The molecule has 2 heterocycles. The van der Waals surface area contributed by atoms with Gasteiger partial charge >= 0.3 is 23.6 Å². The Bertz CT molecular complexity index is 1820. The Morgan fingerprint density at radius 2 is 1.34 bits per heavy atom. The van der Waals surface area contributed by atoms with E-state index in [-0.39, 0.29) is 16.7 Å². The summed E-state index contributed by atoms with van der Waals surface area (Å²) in [6.07, 6.45) is -4.01. The van der Waals surface area contributed by atoms with Crippen molar-refractivity contribution in [3.8, 4) is 0 Å². The van der Waals surface area contributed by atoms with Gasteiger partial charge in [-0.15, -0.1) is 0 Å². The molecule has 0 radical (unpaired) electrons. The highest BCUT2D eigenvalue weighted by Crippen LogP contribution is 2.42. The molecule has 4 aromatic rings. The number of ether oxygens (including phenoxy) is 4. The molecular weight excluding hydrogens is 574 g/mol. The predicted octanol–water partition coefficient (Wildman–Crippen LogP) is 3.38. The molecule has 3 aromatic carbocycles. The normalized spacial score (nSPS) is 20.6. The molecule has 0 aliphatic carbocycles. The molecule has 0 amide bonds. The maximum atomic E-state index is 13.3. The van der Waals surface area contributed by atoms with Crippen LogP contribution in [0.25, 0.3) is 10.4 Å². The molecule has 14 heteroatoms. The van der Waals surface area contributed by atoms with E-state index in [1.54, 1.807) is 54.6 Å². The lowest BCUT2D eigenvalue weighted by molar-refractivity contribution is -0.129. The quantitative estimate of drug-likeness (QED) is 0.0990. The minimum absolute atomic E-state index is 0.0846. The summed E-state index contributed by atoms with van der Waals surface area (Å²) in [4.78, 5) is 69.1. The number of azide groups is 1. The third-order valence-electron chi connectivity index (χ3n) is 6.60. The summed E-state index contributed by atoms with van der Waals surface area (Å²) in [7, 11) is 0. The zero-order valence-corrected chi connectivity index (χ0v) is 22.7. The number of aromatic amines is 1. The van der Waals surface area contributed by atoms with Crippen molar-refractivity contribution >= 4 is 17.9 Å². The molecule has 222 valence electrons. The number of H-pyrrole nitrogens is 1. The van der Waals surface area contributed by atoms with Crippen molar-refractivity contribution in [1.29, 1.82) is 0 Å². The number of carbonyl (C=O) groups is 3. The molecule has 44 heavy (non-hydrogen) atoms. The van der Waals surface area contributed by atoms with Gasteiger partial charge in [0.2, 0.25) is 5.72 Å². The number of esters is 3. The van der Waals surface area contributed by atoms with Crippen molar-refractivity contribution in [1.82, 2.24) is 9.55 Å². The summed E-state index contributed by atoms with van der Waals surface area (Å²) in [6, 6.07) is 24.4. The summed E-state index contributed by atoms with van der Waals surface area (Å²) >= 11 is 0. The Hall–Kier alpha value is -5.98. The van der Waals surface area contributed by atoms with Gasteiger partial charge in [-0.05, 0) is 41.9 Å². The summed E-state index contributed by atoms with van der Waals surface area (Å²) in [5, 5.41) is 3.73. The monoisotopic (exact) mass is 597 g/mol. The van der Waals surface area contributed by atoms with Crippen LogP contribution in [0.2, 0.25) is 0 Å². The Morgan fingerprint density at radius 3 is 1.86 bits per heavy atom. The Labute approximate surface area is 248 Å². The van der Waals surface area contributed by atoms with E-state index >= 15 is 0 Å². The molecule has 1 fully saturated rings. The lowest BCUT2D eigenvalue weighted by Gasteiger charge is -2.29. The van der Waals surface area contributed by atoms with Gasteiger partial charge in [-0.3, -0.25) is 14.3 Å². The van der Waals surface area contributed by atoms with Crippen LogP contribution in [0.5, 0.6) is 0 Å². The second-order valence-electron chi connectivity index (χ2n) is 9.43. The molecule has 1 N–H and O–H groups in total. The fraction of sp³-hybridized carbons (Fsp3) is 0.167. The smallest absolute Gasteiger partial charge is 0.338 e. The van der Waals surface area contributed by atoms with Crippen LogP contribution >= 0.6 is 0 Å². The van der Waals surface area contributed by atoms with Crippen LogP contribution in [0.15, 0.2) is 118 Å². The highest BCUT2D eigenvalue weighted by molar-refractivity contribution is 5.91. The molecule has 1 aliphatic heterocycles. The summed E-state index contributed by atoms with van der Waals surface area (Å²) in [5.74, 6) is -2.67. The lowest BCUT2D eigenvalue weighted by Crippen LogP contribution is -2.49. The third-order valence-corrected chi connectivity index (χ3v) is 6.60. The number of hydrogen-bond donors (Lipinski definition) is 1. The van der Waals surface area contributed by atoms with Gasteiger partial charge in [-0.2, -0.15) is 0 Å². The van der Waals surface area contributed by atoms with Crippen molar-refractivity contribution < 1.29 is 33.3 Å². The Morgan fingerprint density at radius 1 is 0.818 bits per heavy atom. The van der Waals surface area contributed by atoms with Gasteiger partial charge in [0.15, 0.2) is 18.4 Å². The molecule has 14 nitrogen and oxygen atoms in total. The van der Waals surface area contributed by atoms with E-state index in [1.165, 1.54) is 36.4 Å². The van der Waals surface area contributed by atoms with Crippen LogP contribution < -0.4 is 11.2 Å². The van der Waals surface area contributed by atoms with Gasteiger partial charge in [0.1, 0.15) is 6.61 Å². The average Bonchev–Trinajstić information content (AvgIpc) is 3.33. The van der Waals surface area contributed by atoms with E-state index < -0.39 is 59.9 Å². The zero-order chi connectivity index (χ0) is 31.1. The number of hydrogen-bond acceptors (Lipinski definition) is 10. The number of aromatic nitrogens is 2. The van der Waals surface area contributed by atoms with Crippen molar-refractivity contribution in [2.75, 3.05) is 6.61 Å². The number of carbonyl (C=O) groups excluding carboxylic acids is 3. The highest BCUT2D eigenvalue weighted by atomic mass is 16.7. The number of nitrogens with zero attached hydrogens (tertiary/aromatic N) is 4. The van der Waals surface area contributed by atoms with Gasteiger partial charge in [0.25, 0.3) is 5.56 Å². The largest absolute Gasteiger partial charge is 0.459 e. The molecule has 0 spiro atoms. The summed E-state index contributed by atoms with van der Waals surface area (Å²) < 4.78 is 23.9. The lowest BCUT2D eigenvalue weighted by atomic mass is 10.0. The maximum Gasteiger partial charge on any atom is 0.338 e. The number of nitrogens with one attached hydrogen (secondary N) is 1. The molecule has 0 saturated carbocycles. The SMILES string of the molecule is [N-]=[N+]=NC1(COC(=O)c2ccccc2)OC(n2ccc(=O)[nH]c2=O)C(OC(=O)c2ccccc2)C1OC(=O)c1ccccc1. The second kappa shape index (κ2) is 12.9. The van der Waals surface area contributed by atoms with Gasteiger partial charge < -0.3 is 18.9 Å². The number of rotatable bonds is 9. The van der Waals surface area contributed by atoms with E-state index in [2.05, 4.69) is 15.0 Å². The van der Waals surface area contributed by atoms with Crippen LogP contribution in [0.1, 0.15) is 37.3 Å². The standard InChI is InChI=1S/C30H23N5O9/c31-34-33-30(18-41-26(37)19-10-4-1-5-11-19)24(43-28(39)21-14-8-3-9-15-21)23(42-27(38)20-12-6-2-7-13-20)25(44-30)35-17-16-22(36)32-29(35)40/h1-17,23-25H,18H2,(H,32,36,40). The highest BCUT2D eigenvalue weighted by Gasteiger charge is 2.61. The van der Waals surface area contributed by atoms with Crippen LogP contribution in [0.3, 0.4) is 0 Å². The molecular formula is C30H23N5O9. The predicted molar refractivity (Wildman–Crippen MR) is 151 cm³/mol. The molecule has 5 rings (SSSR count). The van der Waals surface area contributed by atoms with E-state index in [9.17, 15) is 29.5 Å². The first-order chi connectivity index (χ1) is 21.3. The topological polar surface area (TPSA) is 192 Å². The minimum atomic E-state index is -2.36. The zero-order valence-electron chi connectivity index (χ0n) is 22.7. The van der Waals surface area contributed by atoms with E-state index in [4.69, 9.17) is 18.9 Å². The summed E-state index contributed by atoms with van der Waals surface area (Å²) in [5.41, 5.74) is 5.89. The average molecular weight is 598 g/mol. The molecule has 0 bridgehead atoms. The van der Waals surface area contributed by atoms with Crippen LogP contribution in [-0.2, 0) is 18.9 Å². The van der Waals surface area contributed by atoms with Crippen molar-refractivity contribution in [3.05, 3.63) is 151 Å².